The minimum atomic E-state index is 0.118. The largest absolute Gasteiger partial charge is 0.358 e. The fourth-order valence-corrected chi connectivity index (χ4v) is 2.68. The summed E-state index contributed by atoms with van der Waals surface area (Å²) in [6.07, 6.45) is 4.04. The Labute approximate surface area is 119 Å². The van der Waals surface area contributed by atoms with E-state index in [1.807, 2.05) is 23.1 Å². The van der Waals surface area contributed by atoms with Gasteiger partial charge in [0.2, 0.25) is 0 Å². The molecule has 1 heterocycles. The molecule has 1 aliphatic carbocycles. The highest BCUT2D eigenvalue weighted by molar-refractivity contribution is 5.99. The number of rotatable bonds is 4. The van der Waals surface area contributed by atoms with Crippen LogP contribution in [0.25, 0.3) is 10.9 Å². The van der Waals surface area contributed by atoms with E-state index in [1.54, 1.807) is 6.08 Å². The normalized spacial score (nSPS) is 14.5. The maximum Gasteiger partial charge on any atom is 0.254 e. The minimum Gasteiger partial charge on any atom is -0.358 e. The molecule has 20 heavy (non-hydrogen) atoms. The third-order valence-electron chi connectivity index (χ3n) is 4.13. The smallest absolute Gasteiger partial charge is 0.254 e. The van der Waals surface area contributed by atoms with Crippen molar-refractivity contribution in [1.82, 2.24) is 9.88 Å². The molecule has 1 aromatic carbocycles. The van der Waals surface area contributed by atoms with Crippen LogP contribution in [0.15, 0.2) is 30.9 Å². The third kappa shape index (κ3) is 2.13. The van der Waals surface area contributed by atoms with Crippen molar-refractivity contribution in [2.45, 2.75) is 32.7 Å². The van der Waals surface area contributed by atoms with Gasteiger partial charge in [-0.1, -0.05) is 6.08 Å². The van der Waals surface area contributed by atoms with Gasteiger partial charge in [0.15, 0.2) is 0 Å². The number of benzene rings is 1. The fraction of sp³-hybridized carbons (Fsp3) is 0.353. The summed E-state index contributed by atoms with van der Waals surface area (Å²) in [5.41, 5.74) is 4.25. The van der Waals surface area contributed by atoms with Gasteiger partial charge < -0.3 is 9.88 Å². The lowest BCUT2D eigenvalue weighted by Crippen LogP contribution is -2.33. The summed E-state index contributed by atoms with van der Waals surface area (Å²) >= 11 is 0. The van der Waals surface area contributed by atoms with Gasteiger partial charge in [-0.15, -0.1) is 6.58 Å². The minimum absolute atomic E-state index is 0.118. The lowest BCUT2D eigenvalue weighted by molar-refractivity contribution is 0.0763. The van der Waals surface area contributed by atoms with Crippen molar-refractivity contribution in [3.63, 3.8) is 0 Å². The Bertz CT molecular complexity index is 680. The summed E-state index contributed by atoms with van der Waals surface area (Å²) in [5.74, 6) is 0.118. The molecule has 0 spiro atoms. The lowest BCUT2D eigenvalue weighted by Gasteiger charge is -2.20. The van der Waals surface area contributed by atoms with Crippen molar-refractivity contribution in [2.24, 2.45) is 0 Å². The predicted octanol–water partition coefficient (Wildman–Crippen LogP) is 3.58. The number of fused-ring (bicyclic) bond motifs is 1. The molecule has 0 bridgehead atoms. The number of H-pyrrole nitrogens is 1. The Morgan fingerprint density at radius 1 is 1.45 bits per heavy atom. The first-order valence-corrected chi connectivity index (χ1v) is 7.12. The van der Waals surface area contributed by atoms with Crippen LogP contribution in [0.5, 0.6) is 0 Å². The highest BCUT2D eigenvalue weighted by Crippen LogP contribution is 2.29. The SMILES string of the molecule is C=CCN(C(=O)c1ccc2[nH]c(C)c(C)c2c1)C1CC1. The lowest BCUT2D eigenvalue weighted by atomic mass is 10.1. The molecular formula is C17H20N2O. The molecule has 0 aliphatic heterocycles. The van der Waals surface area contributed by atoms with Crippen LogP contribution in [0.4, 0.5) is 0 Å². The Hall–Kier alpha value is -2.03. The van der Waals surface area contributed by atoms with E-state index in [-0.39, 0.29) is 5.91 Å². The third-order valence-corrected chi connectivity index (χ3v) is 4.13. The number of hydrogen-bond acceptors (Lipinski definition) is 1. The van der Waals surface area contributed by atoms with E-state index >= 15 is 0 Å². The Morgan fingerprint density at radius 3 is 2.85 bits per heavy atom. The van der Waals surface area contributed by atoms with Gasteiger partial charge in [0.05, 0.1) is 0 Å². The zero-order valence-corrected chi connectivity index (χ0v) is 12.1. The average molecular weight is 268 g/mol. The number of aryl methyl sites for hydroxylation is 2. The van der Waals surface area contributed by atoms with Crippen LogP contribution < -0.4 is 0 Å². The van der Waals surface area contributed by atoms with Crippen LogP contribution in [-0.4, -0.2) is 28.4 Å². The molecule has 0 radical (unpaired) electrons. The van der Waals surface area contributed by atoms with Crippen molar-refractivity contribution in [3.8, 4) is 0 Å². The van der Waals surface area contributed by atoms with Crippen LogP contribution in [0.2, 0.25) is 0 Å². The van der Waals surface area contributed by atoms with E-state index in [1.165, 1.54) is 5.56 Å². The van der Waals surface area contributed by atoms with Crippen molar-refractivity contribution in [2.75, 3.05) is 6.54 Å². The van der Waals surface area contributed by atoms with E-state index in [4.69, 9.17) is 0 Å². The van der Waals surface area contributed by atoms with Crippen LogP contribution in [0.1, 0.15) is 34.5 Å². The van der Waals surface area contributed by atoms with Gasteiger partial charge in [-0.05, 0) is 50.5 Å². The second kappa shape index (κ2) is 4.82. The molecule has 1 N–H and O–H groups in total. The number of carbonyl (C=O) groups is 1. The fourth-order valence-electron chi connectivity index (χ4n) is 2.68. The quantitative estimate of drug-likeness (QED) is 0.845. The molecule has 1 fully saturated rings. The number of aromatic amines is 1. The van der Waals surface area contributed by atoms with Crippen molar-refractivity contribution in [1.29, 1.82) is 0 Å². The van der Waals surface area contributed by atoms with E-state index in [0.29, 0.717) is 12.6 Å². The van der Waals surface area contributed by atoms with Crippen LogP contribution in [-0.2, 0) is 0 Å². The maximum absolute atomic E-state index is 12.6. The monoisotopic (exact) mass is 268 g/mol. The molecule has 3 heteroatoms. The number of carbonyl (C=O) groups excluding carboxylic acids is 1. The molecule has 0 atom stereocenters. The number of nitrogens with zero attached hydrogens (tertiary/aromatic N) is 1. The van der Waals surface area contributed by atoms with Crippen LogP contribution in [0, 0.1) is 13.8 Å². The Morgan fingerprint density at radius 2 is 2.20 bits per heavy atom. The summed E-state index contributed by atoms with van der Waals surface area (Å²) in [7, 11) is 0. The maximum atomic E-state index is 12.6. The summed E-state index contributed by atoms with van der Waals surface area (Å²) in [4.78, 5) is 17.9. The summed E-state index contributed by atoms with van der Waals surface area (Å²) < 4.78 is 0. The Kier molecular flexibility index (Phi) is 3.13. The first kappa shape index (κ1) is 13.0. The van der Waals surface area contributed by atoms with Crippen molar-refractivity contribution < 1.29 is 4.79 Å². The summed E-state index contributed by atoms with van der Waals surface area (Å²) in [6, 6.07) is 6.33. The number of nitrogens with one attached hydrogen (secondary N) is 1. The zero-order valence-electron chi connectivity index (χ0n) is 12.1. The molecule has 3 nitrogen and oxygen atoms in total. The number of aromatic nitrogens is 1. The first-order chi connectivity index (χ1) is 9.61. The molecule has 1 amide bonds. The van der Waals surface area contributed by atoms with E-state index in [9.17, 15) is 4.79 Å². The summed E-state index contributed by atoms with van der Waals surface area (Å²) in [5, 5.41) is 1.14. The van der Waals surface area contributed by atoms with Crippen molar-refractivity contribution in [3.05, 3.63) is 47.7 Å². The molecule has 0 unspecified atom stereocenters. The van der Waals surface area contributed by atoms with Crippen molar-refractivity contribution >= 4 is 16.8 Å². The molecule has 1 saturated carbocycles. The first-order valence-electron chi connectivity index (χ1n) is 7.12. The average Bonchev–Trinajstić information content (AvgIpc) is 3.24. The van der Waals surface area contributed by atoms with Gasteiger partial charge >= 0.3 is 0 Å². The highest BCUT2D eigenvalue weighted by Gasteiger charge is 2.32. The van der Waals surface area contributed by atoms with Gasteiger partial charge in [-0.2, -0.15) is 0 Å². The zero-order chi connectivity index (χ0) is 14.3. The Balaban J connectivity index is 1.98. The van der Waals surface area contributed by atoms with E-state index in [0.717, 1.165) is 35.0 Å². The van der Waals surface area contributed by atoms with Gasteiger partial charge in [-0.3, -0.25) is 4.79 Å². The van der Waals surface area contributed by atoms with Crippen LogP contribution in [0.3, 0.4) is 0 Å². The molecular weight excluding hydrogens is 248 g/mol. The summed E-state index contributed by atoms with van der Waals surface area (Å²) in [6.45, 7) is 8.54. The molecule has 0 saturated heterocycles. The van der Waals surface area contributed by atoms with Gasteiger partial charge in [-0.25, -0.2) is 0 Å². The highest BCUT2D eigenvalue weighted by atomic mass is 16.2. The van der Waals surface area contributed by atoms with Gasteiger partial charge in [0, 0.05) is 34.7 Å². The molecule has 104 valence electrons. The molecule has 3 rings (SSSR count). The second-order valence-electron chi connectivity index (χ2n) is 5.61. The molecule has 1 aliphatic rings. The van der Waals surface area contributed by atoms with E-state index in [2.05, 4.69) is 25.4 Å². The number of amides is 1. The molecule has 1 aromatic heterocycles. The standard InChI is InChI=1S/C17H20N2O/c1-4-9-19(14-6-7-14)17(20)13-5-8-16-15(10-13)11(2)12(3)18-16/h4-5,8,10,14,18H,1,6-7,9H2,2-3H3. The predicted molar refractivity (Wildman–Crippen MR) is 82.0 cm³/mol. The van der Waals surface area contributed by atoms with Gasteiger partial charge in [0.25, 0.3) is 5.91 Å². The van der Waals surface area contributed by atoms with Gasteiger partial charge in [0.1, 0.15) is 0 Å². The van der Waals surface area contributed by atoms with Crippen LogP contribution >= 0.6 is 0 Å². The molecule has 2 aromatic rings. The number of hydrogen-bond donors (Lipinski definition) is 1. The topological polar surface area (TPSA) is 36.1 Å². The van der Waals surface area contributed by atoms with E-state index < -0.39 is 0 Å². The second-order valence-corrected chi connectivity index (χ2v) is 5.61.